The van der Waals surface area contributed by atoms with E-state index in [1.165, 1.54) is 0 Å². The number of carbonyl (C=O) groups is 1. The third-order valence-electron chi connectivity index (χ3n) is 2.33. The van der Waals surface area contributed by atoms with Gasteiger partial charge in [0.05, 0.1) is 28.4 Å². The van der Waals surface area contributed by atoms with E-state index in [-0.39, 0.29) is 18.3 Å². The molecule has 4 N–H and O–H groups in total. The van der Waals surface area contributed by atoms with Crippen LogP contribution in [0.3, 0.4) is 0 Å². The molecule has 7 heteroatoms. The van der Waals surface area contributed by atoms with Crippen LogP contribution in [-0.4, -0.2) is 21.6 Å². The van der Waals surface area contributed by atoms with E-state index >= 15 is 0 Å². The summed E-state index contributed by atoms with van der Waals surface area (Å²) in [6, 6.07) is 0. The molecule has 1 heterocycles. The predicted octanol–water partition coefficient (Wildman–Crippen LogP) is 0.701. The predicted molar refractivity (Wildman–Crippen MR) is 61.5 cm³/mol. The van der Waals surface area contributed by atoms with E-state index in [2.05, 4.69) is 31.4 Å². The van der Waals surface area contributed by atoms with Gasteiger partial charge in [0.25, 0.3) is 0 Å². The lowest BCUT2D eigenvalue weighted by atomic mass is 10.2. The van der Waals surface area contributed by atoms with Gasteiger partial charge in [0.1, 0.15) is 0 Å². The fraction of sp³-hybridized carbons (Fsp3) is 0.500. The Kier molecular flexibility index (Phi) is 3.75. The molecule has 15 heavy (non-hydrogen) atoms. The van der Waals surface area contributed by atoms with Crippen molar-refractivity contribution in [1.82, 2.24) is 15.5 Å². The molecular weight excluding hydrogens is 283 g/mol. The average Bonchev–Trinajstić information content (AvgIpc) is 2.77. The van der Waals surface area contributed by atoms with Crippen LogP contribution in [0.5, 0.6) is 0 Å². The summed E-state index contributed by atoms with van der Waals surface area (Å²) < 4.78 is 0.861. The van der Waals surface area contributed by atoms with Gasteiger partial charge < -0.3 is 11.1 Å². The van der Waals surface area contributed by atoms with Crippen LogP contribution in [-0.2, 0) is 11.3 Å². The summed E-state index contributed by atoms with van der Waals surface area (Å²) in [5, 5.41) is 9.37. The van der Waals surface area contributed by atoms with Gasteiger partial charge in [-0.25, -0.2) is 0 Å². The fourth-order valence-corrected chi connectivity index (χ4v) is 1.46. The van der Waals surface area contributed by atoms with Crippen molar-refractivity contribution in [3.8, 4) is 0 Å². The van der Waals surface area contributed by atoms with Gasteiger partial charge in [0.15, 0.2) is 0 Å². The van der Waals surface area contributed by atoms with E-state index in [1.54, 1.807) is 6.20 Å². The molecule has 1 fully saturated rings. The summed E-state index contributed by atoms with van der Waals surface area (Å²) in [5.41, 5.74) is 5.96. The van der Waals surface area contributed by atoms with Crippen LogP contribution in [0.1, 0.15) is 18.5 Å². The molecule has 5 nitrogen and oxygen atoms in total. The van der Waals surface area contributed by atoms with Gasteiger partial charge in [0, 0.05) is 0 Å². The highest BCUT2D eigenvalue weighted by molar-refractivity contribution is 9.10. The molecule has 1 aliphatic carbocycles. The Bertz CT molecular complexity index is 363. The fourth-order valence-electron chi connectivity index (χ4n) is 1.13. The number of hydrogen-bond acceptors (Lipinski definition) is 3. The first-order valence-electron chi connectivity index (χ1n) is 4.37. The molecule has 0 bridgehead atoms. The molecule has 0 unspecified atom stereocenters. The molecule has 1 amide bonds. The molecule has 0 saturated heterocycles. The number of hydrogen-bond donors (Lipinski definition) is 3. The number of halogens is 2. The zero-order valence-corrected chi connectivity index (χ0v) is 10.3. The molecule has 0 radical (unpaired) electrons. The number of carbonyl (C=O) groups excluding carboxylic acids is 1. The van der Waals surface area contributed by atoms with E-state index in [0.717, 1.165) is 23.0 Å². The van der Waals surface area contributed by atoms with Crippen molar-refractivity contribution < 1.29 is 4.79 Å². The highest BCUT2D eigenvalue weighted by Gasteiger charge is 2.45. The highest BCUT2D eigenvalue weighted by atomic mass is 79.9. The number of nitrogens with zero attached hydrogens (tertiary/aromatic N) is 1. The van der Waals surface area contributed by atoms with Crippen LogP contribution in [0, 0.1) is 0 Å². The molecule has 1 aliphatic rings. The van der Waals surface area contributed by atoms with Gasteiger partial charge in [0.2, 0.25) is 5.91 Å². The van der Waals surface area contributed by atoms with Crippen molar-refractivity contribution in [2.24, 2.45) is 5.73 Å². The maximum atomic E-state index is 11.4. The summed E-state index contributed by atoms with van der Waals surface area (Å²) in [5.74, 6) is -0.0843. The van der Waals surface area contributed by atoms with Gasteiger partial charge in [-0.15, -0.1) is 12.4 Å². The quantitative estimate of drug-likeness (QED) is 0.767. The average molecular weight is 296 g/mol. The Morgan fingerprint density at radius 3 is 2.87 bits per heavy atom. The Morgan fingerprint density at radius 2 is 2.40 bits per heavy atom. The number of nitrogens with one attached hydrogen (secondary N) is 2. The topological polar surface area (TPSA) is 83.8 Å². The van der Waals surface area contributed by atoms with Crippen molar-refractivity contribution >= 4 is 34.2 Å². The van der Waals surface area contributed by atoms with E-state index in [1.807, 2.05) is 0 Å². The lowest BCUT2D eigenvalue weighted by Gasteiger charge is -2.08. The van der Waals surface area contributed by atoms with Crippen LogP contribution < -0.4 is 11.1 Å². The normalized spacial score (nSPS) is 16.7. The number of rotatable bonds is 3. The summed E-state index contributed by atoms with van der Waals surface area (Å²) >= 11 is 3.31. The van der Waals surface area contributed by atoms with Crippen LogP contribution in [0.2, 0.25) is 0 Å². The third kappa shape index (κ3) is 2.70. The molecule has 1 aromatic heterocycles. The zero-order valence-electron chi connectivity index (χ0n) is 7.92. The molecule has 1 saturated carbocycles. The second kappa shape index (κ2) is 4.51. The Morgan fingerprint density at radius 1 is 1.73 bits per heavy atom. The first-order chi connectivity index (χ1) is 6.62. The van der Waals surface area contributed by atoms with Crippen molar-refractivity contribution in [3.05, 3.63) is 16.4 Å². The van der Waals surface area contributed by atoms with Crippen molar-refractivity contribution in [3.63, 3.8) is 0 Å². The van der Waals surface area contributed by atoms with Gasteiger partial charge in [-0.3, -0.25) is 9.89 Å². The summed E-state index contributed by atoms with van der Waals surface area (Å²) in [4.78, 5) is 11.4. The first kappa shape index (κ1) is 12.5. The summed E-state index contributed by atoms with van der Waals surface area (Å²) in [6.45, 7) is 0.429. The Labute approximate surface area is 102 Å². The molecule has 84 valence electrons. The molecular formula is C8H12BrClN4O. The van der Waals surface area contributed by atoms with Crippen molar-refractivity contribution in [2.45, 2.75) is 24.9 Å². The molecule has 0 spiro atoms. The standard InChI is InChI=1S/C8H11BrN4O.ClH/c9-5-3-12-13-6(5)4-11-7(14)8(10)1-2-8;/h3H,1-2,4,10H2,(H,11,14)(H,12,13);1H. The van der Waals surface area contributed by atoms with Crippen molar-refractivity contribution in [1.29, 1.82) is 0 Å². The largest absolute Gasteiger partial charge is 0.349 e. The minimum absolute atomic E-state index is 0. The second-order valence-corrected chi connectivity index (χ2v) is 4.39. The van der Waals surface area contributed by atoms with Crippen LogP contribution in [0.25, 0.3) is 0 Å². The summed E-state index contributed by atoms with van der Waals surface area (Å²) in [7, 11) is 0. The first-order valence-corrected chi connectivity index (χ1v) is 5.16. The Balaban J connectivity index is 0.00000112. The van der Waals surface area contributed by atoms with Crippen LogP contribution in [0.4, 0.5) is 0 Å². The lowest BCUT2D eigenvalue weighted by Crippen LogP contribution is -2.42. The van der Waals surface area contributed by atoms with E-state index in [0.29, 0.717) is 6.54 Å². The number of aromatic nitrogens is 2. The van der Waals surface area contributed by atoms with Crippen LogP contribution >= 0.6 is 28.3 Å². The number of amides is 1. The van der Waals surface area contributed by atoms with E-state index < -0.39 is 5.54 Å². The molecule has 0 aromatic carbocycles. The maximum absolute atomic E-state index is 11.4. The molecule has 1 aromatic rings. The number of aromatic amines is 1. The van der Waals surface area contributed by atoms with Gasteiger partial charge in [-0.2, -0.15) is 5.10 Å². The Hall–Kier alpha value is -0.590. The molecule has 0 aliphatic heterocycles. The lowest BCUT2D eigenvalue weighted by molar-refractivity contribution is -0.123. The van der Waals surface area contributed by atoms with E-state index in [4.69, 9.17) is 5.73 Å². The second-order valence-electron chi connectivity index (χ2n) is 3.54. The molecule has 2 rings (SSSR count). The monoisotopic (exact) mass is 294 g/mol. The number of nitrogens with two attached hydrogens (primary N) is 1. The maximum Gasteiger partial charge on any atom is 0.240 e. The van der Waals surface area contributed by atoms with Gasteiger partial charge in [-0.1, -0.05) is 0 Å². The van der Waals surface area contributed by atoms with Crippen LogP contribution in [0.15, 0.2) is 10.7 Å². The third-order valence-corrected chi connectivity index (χ3v) is 3.02. The number of H-pyrrole nitrogens is 1. The molecule has 0 atom stereocenters. The van der Waals surface area contributed by atoms with E-state index in [9.17, 15) is 4.79 Å². The minimum Gasteiger partial charge on any atom is -0.349 e. The van der Waals surface area contributed by atoms with Gasteiger partial charge >= 0.3 is 0 Å². The SMILES string of the molecule is Cl.NC1(C(=O)NCc2[nH]ncc2Br)CC1. The van der Waals surface area contributed by atoms with Crippen molar-refractivity contribution in [2.75, 3.05) is 0 Å². The zero-order chi connectivity index (χ0) is 10.2. The minimum atomic E-state index is -0.605. The smallest absolute Gasteiger partial charge is 0.240 e. The highest BCUT2D eigenvalue weighted by Crippen LogP contribution is 2.32. The van der Waals surface area contributed by atoms with Gasteiger partial charge in [-0.05, 0) is 28.8 Å². The summed E-state index contributed by atoms with van der Waals surface area (Å²) in [6.07, 6.45) is 3.21.